The van der Waals surface area contributed by atoms with Gasteiger partial charge in [0.2, 0.25) is 0 Å². The molecule has 0 saturated heterocycles. The molecule has 0 radical (unpaired) electrons. The van der Waals surface area contributed by atoms with E-state index in [9.17, 15) is 4.79 Å². The number of benzene rings is 1. The van der Waals surface area contributed by atoms with Gasteiger partial charge in [0.15, 0.2) is 0 Å². The Morgan fingerprint density at radius 3 is 2.72 bits per heavy atom. The first-order chi connectivity index (χ1) is 8.58. The van der Waals surface area contributed by atoms with E-state index < -0.39 is 0 Å². The molecule has 1 rings (SSSR count). The van der Waals surface area contributed by atoms with Gasteiger partial charge < -0.3 is 15.4 Å². The van der Waals surface area contributed by atoms with Gasteiger partial charge >= 0.3 is 0 Å². The van der Waals surface area contributed by atoms with Crippen molar-refractivity contribution in [3.63, 3.8) is 0 Å². The fourth-order valence-electron chi connectivity index (χ4n) is 1.65. The number of hydrogen-bond acceptors (Lipinski definition) is 3. The molecule has 0 aliphatic rings. The molecule has 1 aromatic rings. The molecule has 4 heteroatoms. The third-order valence-corrected chi connectivity index (χ3v) is 2.80. The van der Waals surface area contributed by atoms with Gasteiger partial charge in [0.05, 0.1) is 6.10 Å². The highest BCUT2D eigenvalue weighted by Gasteiger charge is 2.10. The maximum absolute atomic E-state index is 12.0. The highest BCUT2D eigenvalue weighted by Crippen LogP contribution is 2.15. The Balaban J connectivity index is 2.68. The van der Waals surface area contributed by atoms with E-state index in [0.717, 1.165) is 17.8 Å². The van der Waals surface area contributed by atoms with Crippen LogP contribution >= 0.6 is 0 Å². The molecule has 0 bridgehead atoms. The van der Waals surface area contributed by atoms with Crippen LogP contribution in [0.1, 0.15) is 29.8 Å². The fourth-order valence-corrected chi connectivity index (χ4v) is 1.65. The van der Waals surface area contributed by atoms with Crippen molar-refractivity contribution < 1.29 is 9.53 Å². The van der Waals surface area contributed by atoms with Crippen molar-refractivity contribution in [2.24, 2.45) is 0 Å². The number of hydrogen-bond donors (Lipinski definition) is 2. The van der Waals surface area contributed by atoms with Crippen LogP contribution in [0.4, 0.5) is 5.69 Å². The lowest BCUT2D eigenvalue weighted by Gasteiger charge is -2.13. The van der Waals surface area contributed by atoms with Gasteiger partial charge in [-0.15, -0.1) is 0 Å². The van der Waals surface area contributed by atoms with E-state index in [1.165, 1.54) is 0 Å². The zero-order valence-corrected chi connectivity index (χ0v) is 11.5. The Morgan fingerprint density at radius 1 is 1.44 bits per heavy atom. The van der Waals surface area contributed by atoms with Crippen molar-refractivity contribution in [3.8, 4) is 0 Å². The number of amides is 1. The molecule has 0 aliphatic carbocycles. The zero-order valence-electron chi connectivity index (χ0n) is 11.5. The van der Waals surface area contributed by atoms with E-state index in [1.807, 2.05) is 39.0 Å². The number of aryl methyl sites for hydroxylation is 1. The maximum Gasteiger partial charge on any atom is 0.251 e. The van der Waals surface area contributed by atoms with Crippen molar-refractivity contribution in [3.05, 3.63) is 29.3 Å². The third kappa shape index (κ3) is 4.04. The van der Waals surface area contributed by atoms with Gasteiger partial charge in [-0.05, 0) is 44.5 Å². The first kappa shape index (κ1) is 14.5. The molecule has 0 saturated carbocycles. The van der Waals surface area contributed by atoms with Crippen molar-refractivity contribution in [2.45, 2.75) is 26.9 Å². The quantitative estimate of drug-likeness (QED) is 0.813. The van der Waals surface area contributed by atoms with Crippen LogP contribution in [0.5, 0.6) is 0 Å². The summed E-state index contributed by atoms with van der Waals surface area (Å²) in [5.41, 5.74) is 2.72. The van der Waals surface area contributed by atoms with Gasteiger partial charge in [-0.3, -0.25) is 4.79 Å². The van der Waals surface area contributed by atoms with Gasteiger partial charge in [-0.1, -0.05) is 0 Å². The largest absolute Gasteiger partial charge is 0.385 e. The van der Waals surface area contributed by atoms with Gasteiger partial charge in [-0.2, -0.15) is 0 Å². The average molecular weight is 250 g/mol. The van der Waals surface area contributed by atoms with Crippen LogP contribution in [-0.4, -0.2) is 32.2 Å². The van der Waals surface area contributed by atoms with Gasteiger partial charge in [0.1, 0.15) is 0 Å². The molecule has 4 nitrogen and oxygen atoms in total. The fraction of sp³-hybridized carbons (Fsp3) is 0.500. The predicted molar refractivity (Wildman–Crippen MR) is 74.1 cm³/mol. The third-order valence-electron chi connectivity index (χ3n) is 2.80. The van der Waals surface area contributed by atoms with E-state index >= 15 is 0 Å². The summed E-state index contributed by atoms with van der Waals surface area (Å²) in [6.07, 6.45) is 0.0234. The molecule has 0 aromatic heterocycles. The molecular weight excluding hydrogens is 228 g/mol. The smallest absolute Gasteiger partial charge is 0.251 e. The summed E-state index contributed by atoms with van der Waals surface area (Å²) in [5.74, 6) is -0.0561. The maximum atomic E-state index is 12.0. The summed E-state index contributed by atoms with van der Waals surface area (Å²) >= 11 is 0. The number of carbonyl (C=O) groups excluding carboxylic acids is 1. The number of nitrogens with one attached hydrogen (secondary N) is 2. The van der Waals surface area contributed by atoms with E-state index in [-0.39, 0.29) is 12.0 Å². The van der Waals surface area contributed by atoms with E-state index in [0.29, 0.717) is 12.1 Å². The molecule has 2 N–H and O–H groups in total. The second-order valence-corrected chi connectivity index (χ2v) is 4.32. The molecule has 0 fully saturated rings. The molecule has 0 heterocycles. The Kier molecular flexibility index (Phi) is 5.65. The van der Waals surface area contributed by atoms with E-state index in [4.69, 9.17) is 4.74 Å². The number of methoxy groups -OCH3 is 1. The molecule has 0 aliphatic heterocycles. The Morgan fingerprint density at radius 2 is 2.17 bits per heavy atom. The van der Waals surface area contributed by atoms with E-state index in [2.05, 4.69) is 10.6 Å². The molecular formula is C14H22N2O2. The number of ether oxygens (including phenoxy) is 1. The van der Waals surface area contributed by atoms with E-state index in [1.54, 1.807) is 7.11 Å². The first-order valence-electron chi connectivity index (χ1n) is 6.24. The molecule has 1 amide bonds. The Hall–Kier alpha value is -1.55. The van der Waals surface area contributed by atoms with Crippen molar-refractivity contribution in [1.82, 2.24) is 5.32 Å². The predicted octanol–water partition coefficient (Wildman–Crippen LogP) is 2.19. The molecule has 1 aromatic carbocycles. The highest BCUT2D eigenvalue weighted by molar-refractivity contribution is 5.96. The summed E-state index contributed by atoms with van der Waals surface area (Å²) in [7, 11) is 1.63. The minimum atomic E-state index is -0.0561. The molecule has 100 valence electrons. The summed E-state index contributed by atoms with van der Waals surface area (Å²) in [5, 5.41) is 6.08. The molecule has 18 heavy (non-hydrogen) atoms. The van der Waals surface area contributed by atoms with Crippen molar-refractivity contribution in [2.75, 3.05) is 25.5 Å². The first-order valence-corrected chi connectivity index (χ1v) is 6.24. The van der Waals surface area contributed by atoms with Crippen molar-refractivity contribution in [1.29, 1.82) is 0 Å². The SMILES string of the molecule is CCNc1ccc(C(=O)NCC(C)OC)c(C)c1. The van der Waals surface area contributed by atoms with Crippen LogP contribution in [0.3, 0.4) is 0 Å². The zero-order chi connectivity index (χ0) is 13.5. The van der Waals surface area contributed by atoms with Crippen molar-refractivity contribution >= 4 is 11.6 Å². The summed E-state index contributed by atoms with van der Waals surface area (Å²) < 4.78 is 5.09. The summed E-state index contributed by atoms with van der Waals surface area (Å²) in [4.78, 5) is 12.0. The van der Waals surface area contributed by atoms with Gasteiger partial charge in [-0.25, -0.2) is 0 Å². The lowest BCUT2D eigenvalue weighted by atomic mass is 10.1. The Bertz CT molecular complexity index is 405. The van der Waals surface area contributed by atoms with Crippen LogP contribution in [0, 0.1) is 6.92 Å². The lowest BCUT2D eigenvalue weighted by Crippen LogP contribution is -2.31. The second kappa shape index (κ2) is 7.01. The number of anilines is 1. The average Bonchev–Trinajstić information content (AvgIpc) is 2.36. The highest BCUT2D eigenvalue weighted by atomic mass is 16.5. The Labute approximate surface area is 109 Å². The van der Waals surface area contributed by atoms with Crippen LogP contribution in [0.25, 0.3) is 0 Å². The van der Waals surface area contributed by atoms with Gasteiger partial charge in [0.25, 0.3) is 5.91 Å². The topological polar surface area (TPSA) is 50.4 Å². The minimum absolute atomic E-state index is 0.0234. The normalized spacial score (nSPS) is 12.0. The molecule has 0 spiro atoms. The van der Waals surface area contributed by atoms with Gasteiger partial charge in [0, 0.05) is 31.5 Å². The molecule has 1 unspecified atom stereocenters. The van der Waals surface area contributed by atoms with Crippen LogP contribution in [-0.2, 0) is 4.74 Å². The second-order valence-electron chi connectivity index (χ2n) is 4.32. The summed E-state index contributed by atoms with van der Waals surface area (Å²) in [6, 6.07) is 5.75. The van der Waals surface area contributed by atoms with Crippen LogP contribution in [0.15, 0.2) is 18.2 Å². The minimum Gasteiger partial charge on any atom is -0.385 e. The van der Waals surface area contributed by atoms with Crippen LogP contribution in [0.2, 0.25) is 0 Å². The lowest BCUT2D eigenvalue weighted by molar-refractivity contribution is 0.0870. The standard InChI is InChI=1S/C14H22N2O2/c1-5-15-12-6-7-13(10(2)8-12)14(17)16-9-11(3)18-4/h6-8,11,15H,5,9H2,1-4H3,(H,16,17). The molecule has 1 atom stereocenters. The number of rotatable bonds is 6. The number of carbonyl (C=O) groups is 1. The summed E-state index contributed by atoms with van der Waals surface area (Å²) in [6.45, 7) is 7.29. The van der Waals surface area contributed by atoms with Crippen LogP contribution < -0.4 is 10.6 Å². The monoisotopic (exact) mass is 250 g/mol.